The lowest BCUT2D eigenvalue weighted by molar-refractivity contribution is -0.162. The van der Waals surface area contributed by atoms with Crippen LogP contribution in [0.4, 0.5) is 0 Å². The molecule has 3 aliphatic rings. The minimum Gasteiger partial charge on any atom is -0.466 e. The lowest BCUT2D eigenvalue weighted by Gasteiger charge is -2.42. The van der Waals surface area contributed by atoms with E-state index in [0.717, 1.165) is 0 Å². The molecular weight excluding hydrogens is 400 g/mol. The number of aliphatic hydroxyl groups is 1. The number of esters is 1. The number of aliphatic hydroxyl groups excluding tert-OH is 1. The van der Waals surface area contributed by atoms with Gasteiger partial charge >= 0.3 is 5.97 Å². The van der Waals surface area contributed by atoms with E-state index >= 15 is 0 Å². The zero-order chi connectivity index (χ0) is 23.4. The summed E-state index contributed by atoms with van der Waals surface area (Å²) < 4.78 is 11.9. The van der Waals surface area contributed by atoms with Crippen LogP contribution in [-0.2, 0) is 23.9 Å². The lowest BCUT2D eigenvalue weighted by Crippen LogP contribution is -2.60. The second-order valence-electron chi connectivity index (χ2n) is 10.1. The fraction of sp³-hybridized carbons (Fsp3) is 0.783. The Morgan fingerprint density at radius 3 is 2.58 bits per heavy atom. The number of amides is 2. The molecule has 1 N–H and O–H groups in total. The molecule has 0 aromatic rings. The summed E-state index contributed by atoms with van der Waals surface area (Å²) in [5.74, 6) is -2.68. The summed E-state index contributed by atoms with van der Waals surface area (Å²) in [5.41, 5.74) is -2.53. The highest BCUT2D eigenvalue weighted by Crippen LogP contribution is 2.65. The molecule has 6 atom stereocenters. The van der Waals surface area contributed by atoms with Gasteiger partial charge in [0.25, 0.3) is 0 Å². The fourth-order valence-electron chi connectivity index (χ4n) is 5.93. The van der Waals surface area contributed by atoms with E-state index in [1.54, 1.807) is 17.9 Å². The first-order valence-corrected chi connectivity index (χ1v) is 11.1. The number of likely N-dealkylation sites (tertiary alicyclic amines) is 1. The van der Waals surface area contributed by atoms with Gasteiger partial charge in [-0.15, -0.1) is 6.58 Å². The second kappa shape index (κ2) is 7.89. The van der Waals surface area contributed by atoms with Crippen molar-refractivity contribution >= 4 is 17.8 Å². The van der Waals surface area contributed by atoms with E-state index in [9.17, 15) is 19.5 Å². The molecule has 3 saturated heterocycles. The molecule has 8 heteroatoms. The van der Waals surface area contributed by atoms with Crippen molar-refractivity contribution < 1.29 is 29.0 Å². The summed E-state index contributed by atoms with van der Waals surface area (Å²) in [6.07, 6.45) is 2.14. The number of rotatable bonds is 7. The molecule has 0 saturated carbocycles. The molecule has 0 radical (unpaired) electrons. The zero-order valence-corrected chi connectivity index (χ0v) is 19.5. The van der Waals surface area contributed by atoms with E-state index in [1.165, 1.54) is 4.90 Å². The van der Waals surface area contributed by atoms with Gasteiger partial charge in [0.15, 0.2) is 0 Å². The van der Waals surface area contributed by atoms with Gasteiger partial charge in [0.1, 0.15) is 17.6 Å². The molecule has 2 bridgehead atoms. The maximum absolute atomic E-state index is 14.0. The third kappa shape index (κ3) is 3.30. The Kier molecular flexibility index (Phi) is 6.04. The molecule has 0 aliphatic carbocycles. The van der Waals surface area contributed by atoms with Crippen LogP contribution in [0.15, 0.2) is 12.7 Å². The van der Waals surface area contributed by atoms with Gasteiger partial charge in [-0.3, -0.25) is 14.4 Å². The summed E-state index contributed by atoms with van der Waals surface area (Å²) in [7, 11) is 0. The van der Waals surface area contributed by atoms with Gasteiger partial charge in [0.2, 0.25) is 11.8 Å². The summed E-state index contributed by atoms with van der Waals surface area (Å²) in [5, 5.41) is 9.67. The Hall–Kier alpha value is -1.93. The Morgan fingerprint density at radius 1 is 1.42 bits per heavy atom. The third-order valence-electron chi connectivity index (χ3n) is 7.32. The van der Waals surface area contributed by atoms with Crippen molar-refractivity contribution in [3.05, 3.63) is 12.7 Å². The van der Waals surface area contributed by atoms with E-state index in [4.69, 9.17) is 9.47 Å². The van der Waals surface area contributed by atoms with Crippen molar-refractivity contribution in [3.63, 3.8) is 0 Å². The maximum atomic E-state index is 14.0. The lowest BCUT2D eigenvalue weighted by atomic mass is 9.62. The van der Waals surface area contributed by atoms with Crippen LogP contribution >= 0.6 is 0 Å². The SMILES string of the molecule is C=CCN(C(=O)C1N(CCO)C(=O)[C@@H]2[C@@H](C(=O)OCC)[C@]3(C)OC12CC3C)C(C)(C)C. The molecule has 0 aromatic carbocycles. The molecule has 31 heavy (non-hydrogen) atoms. The Morgan fingerprint density at radius 2 is 2.06 bits per heavy atom. The van der Waals surface area contributed by atoms with Crippen molar-refractivity contribution in [3.8, 4) is 0 Å². The number of carbonyl (C=O) groups excluding carboxylic acids is 3. The molecule has 1 spiro atoms. The van der Waals surface area contributed by atoms with E-state index in [1.807, 2.05) is 34.6 Å². The number of hydrogen-bond acceptors (Lipinski definition) is 6. The predicted molar refractivity (Wildman–Crippen MR) is 114 cm³/mol. The van der Waals surface area contributed by atoms with Gasteiger partial charge < -0.3 is 24.4 Å². The van der Waals surface area contributed by atoms with Crippen LogP contribution in [0.2, 0.25) is 0 Å². The number of ether oxygens (including phenoxy) is 2. The van der Waals surface area contributed by atoms with E-state index in [0.29, 0.717) is 13.0 Å². The van der Waals surface area contributed by atoms with Crippen molar-refractivity contribution in [2.45, 2.75) is 70.7 Å². The first-order chi connectivity index (χ1) is 14.4. The van der Waals surface area contributed by atoms with Crippen molar-refractivity contribution in [2.75, 3.05) is 26.3 Å². The van der Waals surface area contributed by atoms with Gasteiger partial charge in [-0.25, -0.2) is 0 Å². The highest BCUT2D eigenvalue weighted by molar-refractivity contribution is 5.98. The minimum atomic E-state index is -1.13. The smallest absolute Gasteiger partial charge is 0.312 e. The first-order valence-electron chi connectivity index (χ1n) is 11.1. The summed E-state index contributed by atoms with van der Waals surface area (Å²) in [6.45, 7) is 15.4. The number of hydrogen-bond donors (Lipinski definition) is 1. The number of nitrogens with zero attached hydrogens (tertiary/aromatic N) is 2. The largest absolute Gasteiger partial charge is 0.466 e. The third-order valence-corrected chi connectivity index (χ3v) is 7.32. The second-order valence-corrected chi connectivity index (χ2v) is 10.1. The van der Waals surface area contributed by atoms with Crippen LogP contribution in [0.5, 0.6) is 0 Å². The average molecular weight is 437 g/mol. The molecule has 2 amide bonds. The molecule has 174 valence electrons. The van der Waals surface area contributed by atoms with Gasteiger partial charge in [-0.05, 0) is 47.0 Å². The topological polar surface area (TPSA) is 96.4 Å². The fourth-order valence-corrected chi connectivity index (χ4v) is 5.93. The average Bonchev–Trinajstić information content (AvgIpc) is 3.17. The van der Waals surface area contributed by atoms with Crippen LogP contribution in [0, 0.1) is 17.8 Å². The number of carbonyl (C=O) groups is 3. The quantitative estimate of drug-likeness (QED) is 0.478. The number of fused-ring (bicyclic) bond motifs is 1. The normalized spacial score (nSPS) is 36.5. The van der Waals surface area contributed by atoms with E-state index in [2.05, 4.69) is 6.58 Å². The van der Waals surface area contributed by atoms with Crippen LogP contribution in [0.3, 0.4) is 0 Å². The predicted octanol–water partition coefficient (Wildman–Crippen LogP) is 1.37. The Labute approximate surface area is 184 Å². The highest BCUT2D eigenvalue weighted by atomic mass is 16.6. The standard InChI is InChI=1S/C23H36N2O6/c1-8-10-25(21(4,5)6)19(28)17-23-13-14(3)22(7,31-23)16(20(29)30-9-2)15(23)18(27)24(17)11-12-26/h8,14-17,26H,1,9-13H2,2-7H3/t14?,15-,16-,17?,22+,23?/m0/s1. The van der Waals surface area contributed by atoms with Crippen LogP contribution in [-0.4, -0.2) is 81.8 Å². The van der Waals surface area contributed by atoms with Crippen LogP contribution < -0.4 is 0 Å². The summed E-state index contributed by atoms with van der Waals surface area (Å²) in [6, 6.07) is -0.917. The summed E-state index contributed by atoms with van der Waals surface area (Å²) in [4.78, 5) is 43.6. The highest BCUT2D eigenvalue weighted by Gasteiger charge is 2.80. The Balaban J connectivity index is 2.14. The number of β-amino-alcohol motifs (C(OH)–C–C–N with tert-alkyl or cyclic N) is 1. The van der Waals surface area contributed by atoms with Crippen molar-refractivity contribution in [1.82, 2.24) is 9.80 Å². The first kappa shape index (κ1) is 23.7. The van der Waals surface area contributed by atoms with Gasteiger partial charge in [0.05, 0.1) is 24.7 Å². The summed E-state index contributed by atoms with van der Waals surface area (Å²) >= 11 is 0. The molecule has 3 rings (SSSR count). The van der Waals surface area contributed by atoms with Gasteiger partial charge in [-0.1, -0.05) is 13.0 Å². The molecule has 3 aliphatic heterocycles. The minimum absolute atomic E-state index is 0.00353. The van der Waals surface area contributed by atoms with E-state index in [-0.39, 0.29) is 37.5 Å². The van der Waals surface area contributed by atoms with Gasteiger partial charge in [-0.2, -0.15) is 0 Å². The van der Waals surface area contributed by atoms with E-state index < -0.39 is 40.6 Å². The van der Waals surface area contributed by atoms with Gasteiger partial charge in [0, 0.05) is 18.6 Å². The molecule has 3 unspecified atom stereocenters. The van der Waals surface area contributed by atoms with Crippen LogP contribution in [0.1, 0.15) is 48.0 Å². The molecule has 3 heterocycles. The van der Waals surface area contributed by atoms with Crippen molar-refractivity contribution in [2.24, 2.45) is 17.8 Å². The van der Waals surface area contributed by atoms with Crippen molar-refractivity contribution in [1.29, 1.82) is 0 Å². The maximum Gasteiger partial charge on any atom is 0.312 e. The molecule has 3 fully saturated rings. The zero-order valence-electron chi connectivity index (χ0n) is 19.5. The van der Waals surface area contributed by atoms with Crippen LogP contribution in [0.25, 0.3) is 0 Å². The monoisotopic (exact) mass is 436 g/mol. The molecule has 8 nitrogen and oxygen atoms in total. The Bertz CT molecular complexity index is 777. The molecule has 0 aromatic heterocycles. The molecular formula is C23H36N2O6.